The molecule has 0 aliphatic heterocycles. The largest absolute Gasteiger partial charge is 1.00 e. The summed E-state index contributed by atoms with van der Waals surface area (Å²) in [4.78, 5) is 0. The Morgan fingerprint density at radius 1 is 0.641 bits per heavy atom. The normalized spacial score (nSPS) is 12.8. The number of aromatic hydroxyl groups is 4. The number of benzene rings is 2. The topological polar surface area (TPSA) is 220 Å². The van der Waals surface area contributed by atoms with E-state index in [2.05, 4.69) is 10.6 Å². The van der Waals surface area contributed by atoms with Crippen LogP contribution in [0, 0.1) is 0 Å². The average Bonchev–Trinajstić information content (AvgIpc) is 2.67. The van der Waals surface area contributed by atoms with Crippen LogP contribution in [-0.4, -0.2) is 72.3 Å². The molecule has 0 heterocycles. The van der Waals surface area contributed by atoms with Crippen LogP contribution in [0.4, 0.5) is 0 Å². The first-order valence-corrected chi connectivity index (χ1v) is 12.6. The third-order valence-electron chi connectivity index (χ3n) is 4.27. The zero-order chi connectivity index (χ0) is 29.2. The fraction of sp³-hybridized carbons (Fsp3) is 0.500. The average molecular weight is 607 g/mol. The van der Waals surface area contributed by atoms with E-state index >= 15 is 0 Å². The molecular formula is C24H40ClN2NaO10S. The smallest absolute Gasteiger partial charge is 1.00 e. The number of hydrogen-bond donors (Lipinski definition) is 10. The number of halogens is 1. The first kappa shape index (κ1) is 42.1. The zero-order valence-electron chi connectivity index (χ0n) is 23.2. The molecule has 2 aromatic rings. The van der Waals surface area contributed by atoms with Gasteiger partial charge in [-0.25, -0.2) is 0 Å². The molecule has 10 N–H and O–H groups in total. The molecule has 2 atom stereocenters. The summed E-state index contributed by atoms with van der Waals surface area (Å²) in [5.74, 6) is -0.204. The van der Waals surface area contributed by atoms with Crippen molar-refractivity contribution in [2.75, 3.05) is 13.1 Å². The van der Waals surface area contributed by atoms with Gasteiger partial charge < -0.3 is 53.7 Å². The standard InChI is InChI=1S/2C12H19NO3.ClH.Na.H2O4S/c2*1-12(2,3)13-7-11(16)8-4-9(14)6-10(15)5-8;;;1-5(2,3)4/h2*4-6,11,13-16H,7H2,1-3H3;1H;;(H2,1,2,3,4)/q;;;+1;/p-1. The Hall–Kier alpha value is -1.36. The van der Waals surface area contributed by atoms with Gasteiger partial charge in [0.1, 0.15) is 23.0 Å². The Kier molecular flexibility index (Phi) is 19.6. The summed E-state index contributed by atoms with van der Waals surface area (Å²) in [5, 5.41) is 63.1. The molecule has 0 aliphatic carbocycles. The third-order valence-corrected chi connectivity index (χ3v) is 4.27. The van der Waals surface area contributed by atoms with Crippen LogP contribution in [0.1, 0.15) is 64.9 Å². The van der Waals surface area contributed by atoms with Crippen LogP contribution >= 0.6 is 0 Å². The maximum absolute atomic E-state index is 9.85. The molecule has 0 amide bonds. The molecular weight excluding hydrogens is 567 g/mol. The van der Waals surface area contributed by atoms with Crippen molar-refractivity contribution >= 4 is 10.4 Å². The van der Waals surface area contributed by atoms with Crippen molar-refractivity contribution < 1.29 is 90.1 Å². The minimum atomic E-state index is -4.67. The fourth-order valence-corrected chi connectivity index (χ4v) is 2.66. The quantitative estimate of drug-likeness (QED) is 0.114. The van der Waals surface area contributed by atoms with Gasteiger partial charge in [-0.2, -0.15) is 8.42 Å². The van der Waals surface area contributed by atoms with Gasteiger partial charge in [0, 0.05) is 36.3 Å². The van der Waals surface area contributed by atoms with E-state index in [-0.39, 0.29) is 76.0 Å². The van der Waals surface area contributed by atoms with E-state index in [4.69, 9.17) is 17.5 Å². The van der Waals surface area contributed by atoms with Crippen LogP contribution in [0.25, 0.3) is 0 Å². The molecule has 0 saturated heterocycles. The van der Waals surface area contributed by atoms with Crippen molar-refractivity contribution in [2.45, 2.75) is 64.8 Å². The van der Waals surface area contributed by atoms with Gasteiger partial charge in [-0.1, -0.05) is 0 Å². The Balaban J connectivity index is -0.000000543. The molecule has 2 aromatic carbocycles. The number of β-amino-alcohol motifs (C(OH)–C–C–N with tert-alkyl or cyclic N) is 2. The maximum Gasteiger partial charge on any atom is 1.00 e. The molecule has 0 radical (unpaired) electrons. The van der Waals surface area contributed by atoms with E-state index in [1.165, 1.54) is 36.4 Å². The summed E-state index contributed by atoms with van der Waals surface area (Å²) in [6.45, 7) is 12.7. The number of rotatable bonds is 6. The maximum atomic E-state index is 9.85. The minimum absolute atomic E-state index is 0. The van der Waals surface area contributed by atoms with Gasteiger partial charge in [0.15, 0.2) is 0 Å². The zero-order valence-corrected chi connectivity index (χ0v) is 26.8. The van der Waals surface area contributed by atoms with Crippen LogP contribution in [0.3, 0.4) is 0 Å². The van der Waals surface area contributed by atoms with Gasteiger partial charge in [0.05, 0.1) is 12.2 Å². The number of phenolic OH excluding ortho intramolecular Hbond substituents is 4. The fourth-order valence-electron chi connectivity index (χ4n) is 2.66. The van der Waals surface area contributed by atoms with Gasteiger partial charge in [-0.15, -0.1) is 0 Å². The van der Waals surface area contributed by atoms with Crippen LogP contribution in [0.15, 0.2) is 36.4 Å². The molecule has 220 valence electrons. The SMILES string of the molecule is CC(C)(C)NCC(O)c1cc(O)cc(O)c1.CC(C)(C)NCC(O)c1cc(O)cc(O)c1.O=S(=O)(O)O.[Cl-].[Na+]. The third kappa shape index (κ3) is 24.2. The van der Waals surface area contributed by atoms with Crippen molar-refractivity contribution in [1.82, 2.24) is 10.6 Å². The van der Waals surface area contributed by atoms with Crippen molar-refractivity contribution in [2.24, 2.45) is 0 Å². The van der Waals surface area contributed by atoms with Crippen LogP contribution < -0.4 is 52.6 Å². The molecule has 0 spiro atoms. The van der Waals surface area contributed by atoms with E-state index in [9.17, 15) is 30.6 Å². The number of aliphatic hydroxyl groups excluding tert-OH is 2. The van der Waals surface area contributed by atoms with Crippen molar-refractivity contribution in [3.8, 4) is 23.0 Å². The molecule has 0 aliphatic rings. The monoisotopic (exact) mass is 606 g/mol. The first-order chi connectivity index (χ1) is 16.6. The molecule has 12 nitrogen and oxygen atoms in total. The summed E-state index contributed by atoms with van der Waals surface area (Å²) < 4.78 is 31.6. The second kappa shape index (κ2) is 18.1. The molecule has 15 heteroatoms. The van der Waals surface area contributed by atoms with E-state index in [0.29, 0.717) is 24.2 Å². The number of nitrogens with one attached hydrogen (secondary N) is 2. The summed E-state index contributed by atoms with van der Waals surface area (Å²) in [6.07, 6.45) is -1.51. The van der Waals surface area contributed by atoms with Crippen molar-refractivity contribution in [1.29, 1.82) is 0 Å². The summed E-state index contributed by atoms with van der Waals surface area (Å²) >= 11 is 0. The second-order valence-corrected chi connectivity index (χ2v) is 11.2. The first-order valence-electron chi connectivity index (χ1n) is 11.2. The van der Waals surface area contributed by atoms with E-state index in [0.717, 1.165) is 0 Å². The molecule has 2 rings (SSSR count). The molecule has 0 saturated carbocycles. The van der Waals surface area contributed by atoms with Gasteiger partial charge in [0.2, 0.25) is 0 Å². The summed E-state index contributed by atoms with van der Waals surface area (Å²) in [7, 11) is -4.67. The Morgan fingerprint density at radius 3 is 1.03 bits per heavy atom. The van der Waals surface area contributed by atoms with Crippen molar-refractivity contribution in [3.63, 3.8) is 0 Å². The predicted octanol–water partition coefficient (Wildman–Crippen LogP) is -3.61. The number of hydrogen-bond acceptors (Lipinski definition) is 10. The van der Waals surface area contributed by atoms with Gasteiger partial charge in [0.25, 0.3) is 0 Å². The van der Waals surface area contributed by atoms with Gasteiger partial charge >= 0.3 is 40.0 Å². The second-order valence-electron chi connectivity index (χ2n) is 10.3. The van der Waals surface area contributed by atoms with E-state index in [1.807, 2.05) is 41.5 Å². The number of aliphatic hydroxyl groups is 2. The molecule has 39 heavy (non-hydrogen) atoms. The molecule has 0 aromatic heterocycles. The van der Waals surface area contributed by atoms with Gasteiger partial charge in [-0.05, 0) is 76.9 Å². The molecule has 0 bridgehead atoms. The van der Waals surface area contributed by atoms with Gasteiger partial charge in [-0.3, -0.25) is 9.11 Å². The minimum Gasteiger partial charge on any atom is -1.00 e. The molecule has 2 unspecified atom stereocenters. The van der Waals surface area contributed by atoms with E-state index in [1.54, 1.807) is 0 Å². The molecule has 0 fully saturated rings. The summed E-state index contributed by atoms with van der Waals surface area (Å²) in [6, 6.07) is 8.22. The Morgan fingerprint density at radius 2 is 0.846 bits per heavy atom. The van der Waals surface area contributed by atoms with E-state index < -0.39 is 22.6 Å². The van der Waals surface area contributed by atoms with Crippen LogP contribution in [0.2, 0.25) is 0 Å². The number of phenols is 4. The van der Waals surface area contributed by atoms with Crippen molar-refractivity contribution in [3.05, 3.63) is 47.5 Å². The Labute approximate surface area is 258 Å². The van der Waals surface area contributed by atoms with Crippen LogP contribution in [-0.2, 0) is 10.4 Å². The Bertz CT molecular complexity index is 973. The summed E-state index contributed by atoms with van der Waals surface area (Å²) in [5.41, 5.74) is 0.822. The predicted molar refractivity (Wildman–Crippen MR) is 139 cm³/mol. The van der Waals surface area contributed by atoms with Crippen LogP contribution in [0.5, 0.6) is 23.0 Å².